The molecule has 3 rings (SSSR count). The first-order chi connectivity index (χ1) is 13.4. The van der Waals surface area contributed by atoms with Crippen LogP contribution in [0.15, 0.2) is 47.9 Å². The molecule has 9 nitrogen and oxygen atoms in total. The summed E-state index contributed by atoms with van der Waals surface area (Å²) in [5.74, 6) is 2.22. The Kier molecular flexibility index (Phi) is 5.78. The van der Waals surface area contributed by atoms with E-state index in [2.05, 4.69) is 48.7 Å². The molecule has 148 valence electrons. The summed E-state index contributed by atoms with van der Waals surface area (Å²) in [5.41, 5.74) is 1.23. The lowest BCUT2D eigenvalue weighted by Crippen LogP contribution is -2.23. The summed E-state index contributed by atoms with van der Waals surface area (Å²) in [5, 5.41) is 3.24. The number of aryl methyl sites for hydroxylation is 1. The van der Waals surface area contributed by atoms with Crippen LogP contribution in [0.3, 0.4) is 0 Å². The lowest BCUT2D eigenvalue weighted by atomic mass is 10.3. The Morgan fingerprint density at radius 3 is 2.36 bits per heavy atom. The highest BCUT2D eigenvalue weighted by molar-refractivity contribution is 7.92. The van der Waals surface area contributed by atoms with Crippen molar-refractivity contribution in [2.45, 2.75) is 25.8 Å². The number of imidazole rings is 1. The van der Waals surface area contributed by atoms with E-state index in [-0.39, 0.29) is 5.03 Å². The van der Waals surface area contributed by atoms with Crippen molar-refractivity contribution in [3.63, 3.8) is 0 Å². The maximum atomic E-state index is 12.2. The van der Waals surface area contributed by atoms with Crippen LogP contribution in [0.2, 0.25) is 0 Å². The molecular weight excluding hydrogens is 378 g/mol. The Balaban J connectivity index is 1.74. The molecule has 0 aliphatic carbocycles. The van der Waals surface area contributed by atoms with E-state index in [4.69, 9.17) is 0 Å². The topological polar surface area (TPSA) is 116 Å². The van der Waals surface area contributed by atoms with Crippen molar-refractivity contribution >= 4 is 33.0 Å². The summed E-state index contributed by atoms with van der Waals surface area (Å²) in [6, 6.07) is 8.80. The molecule has 2 heterocycles. The number of rotatable bonds is 8. The predicted octanol–water partition coefficient (Wildman–Crippen LogP) is 2.90. The number of nitrogens with zero attached hydrogens (tertiary/aromatic N) is 4. The number of nitrogens with one attached hydrogen (secondary N) is 3. The predicted molar refractivity (Wildman–Crippen MR) is 109 cm³/mol. The summed E-state index contributed by atoms with van der Waals surface area (Å²) in [6.45, 7) is 7.73. The minimum atomic E-state index is -3.68. The molecule has 0 amide bonds. The van der Waals surface area contributed by atoms with Crippen molar-refractivity contribution in [3.8, 4) is 0 Å². The number of hydrogen-bond donors (Lipinski definition) is 3. The van der Waals surface area contributed by atoms with Gasteiger partial charge in [0.15, 0.2) is 5.03 Å². The van der Waals surface area contributed by atoms with Gasteiger partial charge in [-0.3, -0.25) is 4.72 Å². The van der Waals surface area contributed by atoms with E-state index in [0.717, 1.165) is 24.6 Å². The fraction of sp³-hybridized carbons (Fsp3) is 0.278. The molecule has 0 spiro atoms. The molecule has 10 heteroatoms. The minimum Gasteiger partial charge on any atom is -0.357 e. The van der Waals surface area contributed by atoms with E-state index in [1.54, 1.807) is 24.3 Å². The second-order valence-corrected chi connectivity index (χ2v) is 7.71. The van der Waals surface area contributed by atoms with Crippen molar-refractivity contribution in [2.75, 3.05) is 28.0 Å². The molecular formula is C18H23N7O2S. The van der Waals surface area contributed by atoms with E-state index in [1.165, 1.54) is 12.5 Å². The molecule has 3 N–H and O–H groups in total. The zero-order valence-electron chi connectivity index (χ0n) is 16.0. The van der Waals surface area contributed by atoms with Crippen LogP contribution in [0.1, 0.15) is 19.7 Å². The monoisotopic (exact) mass is 401 g/mol. The molecule has 0 aliphatic heterocycles. The highest BCUT2D eigenvalue weighted by Gasteiger charge is 2.15. The van der Waals surface area contributed by atoms with Gasteiger partial charge in [0.05, 0.1) is 12.5 Å². The van der Waals surface area contributed by atoms with E-state index in [0.29, 0.717) is 17.3 Å². The lowest BCUT2D eigenvalue weighted by Gasteiger charge is -2.20. The zero-order valence-corrected chi connectivity index (χ0v) is 16.8. The molecule has 0 bridgehead atoms. The van der Waals surface area contributed by atoms with Gasteiger partial charge in [0.1, 0.15) is 17.5 Å². The molecule has 0 aliphatic rings. The van der Waals surface area contributed by atoms with Gasteiger partial charge in [0, 0.05) is 30.5 Å². The van der Waals surface area contributed by atoms with Crippen molar-refractivity contribution in [1.82, 2.24) is 19.9 Å². The third-order valence-corrected chi connectivity index (χ3v) is 5.39. The standard InChI is InChI=1S/C18H23N7O2S/c1-4-25(5-2)17-10-16(21-13(3)22-17)23-14-6-8-15(9-7-14)24-28(26,27)18-11-19-12-20-18/h6-12,24H,4-5H2,1-3H3,(H,19,20)(H,21,22,23). The fourth-order valence-electron chi connectivity index (χ4n) is 2.70. The van der Waals surface area contributed by atoms with Crippen LogP contribution in [0.5, 0.6) is 0 Å². The van der Waals surface area contributed by atoms with Gasteiger partial charge in [-0.1, -0.05) is 0 Å². The smallest absolute Gasteiger partial charge is 0.278 e. The Morgan fingerprint density at radius 2 is 1.75 bits per heavy atom. The first-order valence-corrected chi connectivity index (χ1v) is 10.4. The van der Waals surface area contributed by atoms with Crippen LogP contribution >= 0.6 is 0 Å². The third-order valence-electron chi connectivity index (χ3n) is 4.08. The Hall–Kier alpha value is -3.14. The van der Waals surface area contributed by atoms with Crippen molar-refractivity contribution in [3.05, 3.63) is 48.7 Å². The summed E-state index contributed by atoms with van der Waals surface area (Å²) in [4.78, 5) is 17.4. The number of aromatic amines is 1. The quantitative estimate of drug-likeness (QED) is 0.531. The van der Waals surface area contributed by atoms with E-state index >= 15 is 0 Å². The number of hydrogen-bond acceptors (Lipinski definition) is 7. The number of H-pyrrole nitrogens is 1. The van der Waals surface area contributed by atoms with Crippen LogP contribution in [0.4, 0.5) is 23.0 Å². The van der Waals surface area contributed by atoms with Crippen molar-refractivity contribution in [1.29, 1.82) is 0 Å². The average Bonchev–Trinajstić information content (AvgIpc) is 3.20. The van der Waals surface area contributed by atoms with Gasteiger partial charge in [0.25, 0.3) is 10.0 Å². The molecule has 0 fully saturated rings. The van der Waals surface area contributed by atoms with Crippen LogP contribution in [0.25, 0.3) is 0 Å². The van der Waals surface area contributed by atoms with Gasteiger partial charge in [-0.25, -0.2) is 15.0 Å². The second kappa shape index (κ2) is 8.26. The highest BCUT2D eigenvalue weighted by atomic mass is 32.2. The Labute approximate surface area is 164 Å². The van der Waals surface area contributed by atoms with E-state index in [1.807, 2.05) is 13.0 Å². The molecule has 0 unspecified atom stereocenters. The lowest BCUT2D eigenvalue weighted by molar-refractivity contribution is 0.598. The fourth-order valence-corrected chi connectivity index (χ4v) is 3.66. The van der Waals surface area contributed by atoms with Crippen molar-refractivity contribution < 1.29 is 8.42 Å². The van der Waals surface area contributed by atoms with Crippen LogP contribution in [-0.2, 0) is 10.0 Å². The summed E-state index contributed by atoms with van der Waals surface area (Å²) >= 11 is 0. The summed E-state index contributed by atoms with van der Waals surface area (Å²) in [6.07, 6.45) is 2.57. The maximum absolute atomic E-state index is 12.2. The largest absolute Gasteiger partial charge is 0.357 e. The molecule has 0 atom stereocenters. The number of aromatic nitrogens is 4. The zero-order chi connectivity index (χ0) is 20.1. The average molecular weight is 401 g/mol. The Bertz CT molecular complexity index is 1010. The van der Waals surface area contributed by atoms with Gasteiger partial charge < -0.3 is 15.2 Å². The summed E-state index contributed by atoms with van der Waals surface area (Å²) in [7, 11) is -3.68. The Morgan fingerprint density at radius 1 is 1.07 bits per heavy atom. The normalized spacial score (nSPS) is 11.2. The van der Waals surface area contributed by atoms with Gasteiger partial charge in [-0.05, 0) is 45.0 Å². The molecule has 28 heavy (non-hydrogen) atoms. The minimum absolute atomic E-state index is 0.00935. The van der Waals surface area contributed by atoms with Crippen LogP contribution in [0, 0.1) is 6.92 Å². The highest BCUT2D eigenvalue weighted by Crippen LogP contribution is 2.22. The van der Waals surface area contributed by atoms with Gasteiger partial charge in [-0.15, -0.1) is 0 Å². The van der Waals surface area contributed by atoms with Crippen molar-refractivity contribution in [2.24, 2.45) is 0 Å². The third kappa shape index (κ3) is 4.58. The molecule has 3 aromatic rings. The van der Waals surface area contributed by atoms with Crippen LogP contribution in [-0.4, -0.2) is 41.4 Å². The summed E-state index contributed by atoms with van der Waals surface area (Å²) < 4.78 is 26.9. The SMILES string of the molecule is CCN(CC)c1cc(Nc2ccc(NS(=O)(=O)c3cnc[nH]3)cc2)nc(C)n1. The molecule has 0 saturated carbocycles. The molecule has 2 aromatic heterocycles. The molecule has 0 saturated heterocycles. The first kappa shape index (κ1) is 19.6. The van der Waals surface area contributed by atoms with Gasteiger partial charge in [0.2, 0.25) is 0 Å². The van der Waals surface area contributed by atoms with Crippen LogP contribution < -0.4 is 14.9 Å². The second-order valence-electron chi connectivity index (χ2n) is 6.05. The number of sulfonamides is 1. The number of benzene rings is 1. The van der Waals surface area contributed by atoms with Gasteiger partial charge >= 0.3 is 0 Å². The van der Waals surface area contributed by atoms with E-state index < -0.39 is 10.0 Å². The number of anilines is 4. The van der Waals surface area contributed by atoms with Gasteiger partial charge in [-0.2, -0.15) is 8.42 Å². The first-order valence-electron chi connectivity index (χ1n) is 8.90. The maximum Gasteiger partial charge on any atom is 0.278 e. The van der Waals surface area contributed by atoms with E-state index in [9.17, 15) is 8.42 Å². The molecule has 0 radical (unpaired) electrons. The molecule has 1 aromatic carbocycles.